The molecular formula is C16H21FN2O. The Kier molecular flexibility index (Phi) is 5.13. The third kappa shape index (κ3) is 3.57. The summed E-state index contributed by atoms with van der Waals surface area (Å²) < 4.78 is 13.6. The maximum Gasteiger partial charge on any atom is 0.124 e. The van der Waals surface area contributed by atoms with Crippen molar-refractivity contribution < 1.29 is 9.50 Å². The van der Waals surface area contributed by atoms with Gasteiger partial charge in [0, 0.05) is 18.2 Å². The predicted molar refractivity (Wildman–Crippen MR) is 77.4 cm³/mol. The Labute approximate surface area is 119 Å². The third-order valence-electron chi connectivity index (χ3n) is 3.86. The van der Waals surface area contributed by atoms with Crippen molar-refractivity contribution in [3.05, 3.63) is 35.1 Å². The molecule has 0 aliphatic carbocycles. The first-order chi connectivity index (χ1) is 9.63. The van der Waals surface area contributed by atoms with E-state index in [1.807, 2.05) is 6.07 Å². The molecule has 2 unspecified atom stereocenters. The van der Waals surface area contributed by atoms with Crippen molar-refractivity contribution in [2.24, 2.45) is 11.7 Å². The average Bonchev–Trinajstić information content (AvgIpc) is 2.76. The van der Waals surface area contributed by atoms with Crippen LogP contribution in [0, 0.1) is 23.6 Å². The fraction of sp³-hybridized carbons (Fsp3) is 0.500. The normalized spacial score (nSPS) is 22.6. The van der Waals surface area contributed by atoms with Gasteiger partial charge < -0.3 is 10.8 Å². The van der Waals surface area contributed by atoms with Crippen LogP contribution in [0.15, 0.2) is 18.2 Å². The summed E-state index contributed by atoms with van der Waals surface area (Å²) in [5, 5.41) is 9.46. The number of nitrogens with zero attached hydrogens (tertiary/aromatic N) is 1. The lowest BCUT2D eigenvalue weighted by atomic mass is 10.0. The van der Waals surface area contributed by atoms with Crippen LogP contribution in [0.4, 0.5) is 4.39 Å². The van der Waals surface area contributed by atoms with Crippen LogP contribution in [0.2, 0.25) is 0 Å². The molecule has 0 bridgehead atoms. The first-order valence-corrected chi connectivity index (χ1v) is 6.97. The Hall–Kier alpha value is -1.41. The van der Waals surface area contributed by atoms with E-state index in [9.17, 15) is 9.50 Å². The van der Waals surface area contributed by atoms with Gasteiger partial charge >= 0.3 is 0 Å². The maximum atomic E-state index is 13.6. The molecule has 0 aromatic heterocycles. The summed E-state index contributed by atoms with van der Waals surface area (Å²) in [4.78, 5) is 2.21. The molecule has 1 aliphatic rings. The van der Waals surface area contributed by atoms with Crippen molar-refractivity contribution in [1.82, 2.24) is 4.90 Å². The zero-order valence-corrected chi connectivity index (χ0v) is 11.8. The summed E-state index contributed by atoms with van der Waals surface area (Å²) in [6.07, 6.45) is 1.07. The minimum absolute atomic E-state index is 0.149. The van der Waals surface area contributed by atoms with Crippen LogP contribution >= 0.6 is 0 Å². The molecule has 1 aliphatic heterocycles. The molecule has 1 heterocycles. The van der Waals surface area contributed by atoms with Gasteiger partial charge in [0.2, 0.25) is 0 Å². The van der Waals surface area contributed by atoms with Gasteiger partial charge in [0.25, 0.3) is 0 Å². The quantitative estimate of drug-likeness (QED) is 0.819. The van der Waals surface area contributed by atoms with Crippen LogP contribution < -0.4 is 5.73 Å². The molecule has 3 N–H and O–H groups in total. The van der Waals surface area contributed by atoms with Crippen LogP contribution in [0.3, 0.4) is 0 Å². The Morgan fingerprint density at radius 1 is 1.45 bits per heavy atom. The summed E-state index contributed by atoms with van der Waals surface area (Å²) in [6.45, 7) is 4.14. The van der Waals surface area contributed by atoms with Gasteiger partial charge in [0.15, 0.2) is 0 Å². The molecule has 1 saturated heterocycles. The number of aliphatic hydroxyl groups is 1. The molecule has 1 aromatic carbocycles. The molecule has 1 fully saturated rings. The Morgan fingerprint density at radius 3 is 2.95 bits per heavy atom. The monoisotopic (exact) mass is 276 g/mol. The van der Waals surface area contributed by atoms with Crippen molar-refractivity contribution in [3.8, 4) is 11.8 Å². The summed E-state index contributed by atoms with van der Waals surface area (Å²) in [6, 6.07) is 5.01. The van der Waals surface area contributed by atoms with Gasteiger partial charge in [-0.1, -0.05) is 18.8 Å². The van der Waals surface area contributed by atoms with Gasteiger partial charge in [-0.2, -0.15) is 0 Å². The number of hydrogen-bond acceptors (Lipinski definition) is 3. The number of likely N-dealkylation sites (tertiary alicyclic amines) is 1. The summed E-state index contributed by atoms with van der Waals surface area (Å²) in [5.41, 5.74) is 6.87. The van der Waals surface area contributed by atoms with Gasteiger partial charge in [-0.3, -0.25) is 4.90 Å². The second-order valence-corrected chi connectivity index (χ2v) is 5.34. The van der Waals surface area contributed by atoms with Crippen molar-refractivity contribution in [3.63, 3.8) is 0 Å². The number of rotatable bonds is 3. The summed E-state index contributed by atoms with van der Waals surface area (Å²) >= 11 is 0. The van der Waals surface area contributed by atoms with Crippen LogP contribution in [-0.4, -0.2) is 35.7 Å². The first kappa shape index (κ1) is 15.0. The third-order valence-corrected chi connectivity index (χ3v) is 3.86. The second-order valence-electron chi connectivity index (χ2n) is 5.34. The van der Waals surface area contributed by atoms with E-state index >= 15 is 0 Å². The van der Waals surface area contributed by atoms with Crippen LogP contribution in [0.1, 0.15) is 24.5 Å². The molecule has 2 atom stereocenters. The molecule has 0 spiro atoms. The smallest absolute Gasteiger partial charge is 0.124 e. The van der Waals surface area contributed by atoms with E-state index in [1.54, 1.807) is 0 Å². The average molecular weight is 276 g/mol. The zero-order valence-electron chi connectivity index (χ0n) is 11.8. The van der Waals surface area contributed by atoms with E-state index in [1.165, 1.54) is 12.1 Å². The number of nitrogens with two attached hydrogens (primary N) is 1. The summed E-state index contributed by atoms with van der Waals surface area (Å²) in [5.74, 6) is 5.79. The highest BCUT2D eigenvalue weighted by Gasteiger charge is 2.30. The molecule has 2 rings (SSSR count). The van der Waals surface area contributed by atoms with E-state index in [-0.39, 0.29) is 25.0 Å². The van der Waals surface area contributed by atoms with E-state index in [0.29, 0.717) is 18.0 Å². The fourth-order valence-electron chi connectivity index (χ4n) is 2.78. The maximum absolute atomic E-state index is 13.6. The van der Waals surface area contributed by atoms with Crippen LogP contribution in [0.25, 0.3) is 0 Å². The molecule has 0 saturated carbocycles. The number of hydrogen-bond donors (Lipinski definition) is 2. The highest BCUT2D eigenvalue weighted by molar-refractivity contribution is 5.38. The number of aliphatic hydroxyl groups excluding tert-OH is 1. The van der Waals surface area contributed by atoms with Crippen LogP contribution in [0.5, 0.6) is 0 Å². The highest BCUT2D eigenvalue weighted by atomic mass is 19.1. The SMILES string of the molecule is CC1CCN(Cc2cc(F)cc(C#CCN)c2)C1CO. The molecule has 20 heavy (non-hydrogen) atoms. The Balaban J connectivity index is 2.15. The van der Waals surface area contributed by atoms with E-state index in [4.69, 9.17) is 5.73 Å². The van der Waals surface area contributed by atoms with E-state index < -0.39 is 0 Å². The van der Waals surface area contributed by atoms with Crippen molar-refractivity contribution in [1.29, 1.82) is 0 Å². The Morgan fingerprint density at radius 2 is 2.25 bits per heavy atom. The standard InChI is InChI=1S/C16H21FN2O/c1-12-4-6-19(16(12)11-20)10-14-7-13(3-2-5-18)8-15(17)9-14/h7-9,12,16,20H,4-6,10-11,18H2,1H3. The summed E-state index contributed by atoms with van der Waals surface area (Å²) in [7, 11) is 0. The lowest BCUT2D eigenvalue weighted by Crippen LogP contribution is -2.34. The first-order valence-electron chi connectivity index (χ1n) is 6.97. The molecule has 3 nitrogen and oxygen atoms in total. The molecule has 0 radical (unpaired) electrons. The molecular weight excluding hydrogens is 255 g/mol. The molecule has 0 amide bonds. The molecule has 1 aromatic rings. The van der Waals surface area contributed by atoms with Gasteiger partial charge in [-0.15, -0.1) is 0 Å². The van der Waals surface area contributed by atoms with Gasteiger partial charge in [0.05, 0.1) is 13.2 Å². The minimum atomic E-state index is -0.281. The van der Waals surface area contributed by atoms with Crippen molar-refractivity contribution in [2.75, 3.05) is 19.7 Å². The number of halogens is 1. The predicted octanol–water partition coefficient (Wildman–Crippen LogP) is 1.34. The zero-order chi connectivity index (χ0) is 14.5. The fourth-order valence-corrected chi connectivity index (χ4v) is 2.78. The van der Waals surface area contributed by atoms with Crippen molar-refractivity contribution in [2.45, 2.75) is 25.9 Å². The van der Waals surface area contributed by atoms with Gasteiger partial charge in [-0.05, 0) is 42.6 Å². The number of benzene rings is 1. The van der Waals surface area contributed by atoms with Crippen LogP contribution in [-0.2, 0) is 6.54 Å². The molecule has 108 valence electrons. The second kappa shape index (κ2) is 6.85. The van der Waals surface area contributed by atoms with E-state index in [0.717, 1.165) is 18.5 Å². The molecule has 4 heteroatoms. The van der Waals surface area contributed by atoms with E-state index in [2.05, 4.69) is 23.7 Å². The van der Waals surface area contributed by atoms with Gasteiger partial charge in [-0.25, -0.2) is 4.39 Å². The minimum Gasteiger partial charge on any atom is -0.395 e. The van der Waals surface area contributed by atoms with Gasteiger partial charge in [0.1, 0.15) is 5.82 Å². The Bertz CT molecular complexity index is 521. The lowest BCUT2D eigenvalue weighted by Gasteiger charge is -2.25. The largest absolute Gasteiger partial charge is 0.395 e. The highest BCUT2D eigenvalue weighted by Crippen LogP contribution is 2.25. The lowest BCUT2D eigenvalue weighted by molar-refractivity contribution is 0.134. The topological polar surface area (TPSA) is 49.5 Å². The van der Waals surface area contributed by atoms with Crippen molar-refractivity contribution >= 4 is 0 Å².